The molecule has 7 nitrogen and oxygen atoms in total. The zero-order valence-electron chi connectivity index (χ0n) is 16.8. The highest BCUT2D eigenvalue weighted by atomic mass is 16.5. The number of imidazole rings is 1. The van der Waals surface area contributed by atoms with Gasteiger partial charge in [-0.15, -0.1) is 0 Å². The van der Waals surface area contributed by atoms with Crippen molar-refractivity contribution in [3.05, 3.63) is 81.0 Å². The SMILES string of the molecule is O=C1c2cc3[nH]c(=O)c4cnc(C5CCCOC5)n4c3cc2C2c3ccccc3CN12. The van der Waals surface area contributed by atoms with Crippen LogP contribution in [0.5, 0.6) is 0 Å². The summed E-state index contributed by atoms with van der Waals surface area (Å²) in [6, 6.07) is 12.1. The molecule has 1 saturated heterocycles. The Hall–Kier alpha value is -3.45. The Kier molecular flexibility index (Phi) is 3.36. The zero-order valence-corrected chi connectivity index (χ0v) is 16.8. The van der Waals surface area contributed by atoms with Gasteiger partial charge in [-0.1, -0.05) is 24.3 Å². The van der Waals surface area contributed by atoms with Crippen LogP contribution in [0.1, 0.15) is 57.7 Å². The number of ether oxygens (including phenoxy) is 1. The fourth-order valence-corrected chi connectivity index (χ4v) is 5.57. The molecule has 154 valence electrons. The Labute approximate surface area is 177 Å². The molecule has 31 heavy (non-hydrogen) atoms. The molecule has 1 N–H and O–H groups in total. The van der Waals surface area contributed by atoms with Crippen LogP contribution in [0.25, 0.3) is 16.6 Å². The van der Waals surface area contributed by atoms with E-state index in [0.717, 1.165) is 36.4 Å². The third kappa shape index (κ3) is 2.24. The molecule has 0 aliphatic carbocycles. The van der Waals surface area contributed by atoms with Gasteiger partial charge < -0.3 is 14.6 Å². The van der Waals surface area contributed by atoms with Gasteiger partial charge in [0.05, 0.1) is 29.9 Å². The molecular weight excluding hydrogens is 392 g/mol. The van der Waals surface area contributed by atoms with Gasteiger partial charge in [-0.2, -0.15) is 0 Å². The van der Waals surface area contributed by atoms with Crippen LogP contribution in [-0.2, 0) is 11.3 Å². The highest BCUT2D eigenvalue weighted by Crippen LogP contribution is 2.46. The molecule has 5 heterocycles. The smallest absolute Gasteiger partial charge is 0.274 e. The predicted octanol–water partition coefficient (Wildman–Crippen LogP) is 3.13. The van der Waals surface area contributed by atoms with Gasteiger partial charge in [0.15, 0.2) is 0 Å². The van der Waals surface area contributed by atoms with Gasteiger partial charge in [-0.05, 0) is 41.7 Å². The molecule has 0 spiro atoms. The van der Waals surface area contributed by atoms with E-state index >= 15 is 0 Å². The maximum atomic E-state index is 13.2. The van der Waals surface area contributed by atoms with E-state index in [1.54, 1.807) is 6.20 Å². The van der Waals surface area contributed by atoms with Crippen molar-refractivity contribution in [2.45, 2.75) is 31.3 Å². The van der Waals surface area contributed by atoms with Crippen molar-refractivity contribution in [3.63, 3.8) is 0 Å². The Morgan fingerprint density at radius 1 is 1.10 bits per heavy atom. The third-order valence-corrected chi connectivity index (χ3v) is 6.99. The standard InChI is InChI=1S/C24H20N4O3/c29-23-20-10-25-22(14-5-3-7-31-12-14)28(20)19-9-16-17(8-18(19)26-23)24(30)27-11-13-4-1-2-6-15(13)21(16)27/h1-2,4,6,8-10,14,21H,3,5,7,11-12H2,(H,26,29). The summed E-state index contributed by atoms with van der Waals surface area (Å²) < 4.78 is 7.66. The molecule has 7 rings (SSSR count). The van der Waals surface area contributed by atoms with Crippen LogP contribution < -0.4 is 5.56 Å². The first kappa shape index (κ1) is 17.3. The van der Waals surface area contributed by atoms with Crippen molar-refractivity contribution >= 4 is 22.5 Å². The van der Waals surface area contributed by atoms with Crippen molar-refractivity contribution in [2.75, 3.05) is 13.2 Å². The second-order valence-corrected chi connectivity index (χ2v) is 8.70. The van der Waals surface area contributed by atoms with E-state index in [1.807, 2.05) is 27.5 Å². The molecule has 1 fully saturated rings. The number of nitrogens with zero attached hydrogens (tertiary/aromatic N) is 3. The lowest BCUT2D eigenvalue weighted by molar-refractivity contribution is 0.0759. The molecule has 2 unspecified atom stereocenters. The molecule has 1 amide bonds. The van der Waals surface area contributed by atoms with Gasteiger partial charge >= 0.3 is 0 Å². The molecule has 7 heteroatoms. The van der Waals surface area contributed by atoms with Crippen molar-refractivity contribution in [1.29, 1.82) is 0 Å². The molecule has 4 aromatic rings. The zero-order chi connectivity index (χ0) is 20.7. The van der Waals surface area contributed by atoms with Crippen LogP contribution in [0.3, 0.4) is 0 Å². The number of nitrogens with one attached hydrogen (secondary N) is 1. The second kappa shape index (κ2) is 6.04. The number of amides is 1. The van der Waals surface area contributed by atoms with Crippen LogP contribution in [0.4, 0.5) is 0 Å². The summed E-state index contributed by atoms with van der Waals surface area (Å²) in [6.07, 6.45) is 3.62. The minimum Gasteiger partial charge on any atom is -0.381 e. The minimum atomic E-state index is -0.195. The molecule has 0 saturated carbocycles. The van der Waals surface area contributed by atoms with Crippen LogP contribution in [0.15, 0.2) is 47.4 Å². The largest absolute Gasteiger partial charge is 0.381 e. The first-order valence-electron chi connectivity index (χ1n) is 10.7. The quantitative estimate of drug-likeness (QED) is 0.521. The van der Waals surface area contributed by atoms with E-state index in [1.165, 1.54) is 11.1 Å². The van der Waals surface area contributed by atoms with Crippen LogP contribution in [-0.4, -0.2) is 38.4 Å². The van der Waals surface area contributed by atoms with E-state index in [2.05, 4.69) is 28.2 Å². The number of carbonyl (C=O) groups is 1. The lowest BCUT2D eigenvalue weighted by Gasteiger charge is -2.21. The van der Waals surface area contributed by atoms with Crippen LogP contribution in [0.2, 0.25) is 0 Å². The third-order valence-electron chi connectivity index (χ3n) is 6.99. The van der Waals surface area contributed by atoms with Crippen molar-refractivity contribution in [1.82, 2.24) is 19.3 Å². The highest BCUT2D eigenvalue weighted by molar-refractivity contribution is 6.03. The van der Waals surface area contributed by atoms with E-state index in [-0.39, 0.29) is 23.4 Å². The van der Waals surface area contributed by atoms with Gasteiger partial charge in [0.1, 0.15) is 11.3 Å². The van der Waals surface area contributed by atoms with Gasteiger partial charge in [-0.25, -0.2) is 4.98 Å². The molecule has 2 aromatic carbocycles. The summed E-state index contributed by atoms with van der Waals surface area (Å²) in [5.74, 6) is 1.03. The predicted molar refractivity (Wildman–Crippen MR) is 114 cm³/mol. The summed E-state index contributed by atoms with van der Waals surface area (Å²) in [4.78, 5) is 35.5. The molecule has 2 aromatic heterocycles. The maximum absolute atomic E-state index is 13.2. The van der Waals surface area contributed by atoms with E-state index in [4.69, 9.17) is 4.74 Å². The monoisotopic (exact) mass is 412 g/mol. The van der Waals surface area contributed by atoms with Gasteiger partial charge in [0.25, 0.3) is 11.5 Å². The summed E-state index contributed by atoms with van der Waals surface area (Å²) in [5.41, 5.74) is 5.92. The summed E-state index contributed by atoms with van der Waals surface area (Å²) in [6.45, 7) is 2.00. The number of rotatable bonds is 1. The molecule has 0 radical (unpaired) electrons. The second-order valence-electron chi connectivity index (χ2n) is 8.70. The van der Waals surface area contributed by atoms with Gasteiger partial charge in [-0.3, -0.25) is 14.0 Å². The Balaban J connectivity index is 1.51. The summed E-state index contributed by atoms with van der Waals surface area (Å²) >= 11 is 0. The normalized spacial score (nSPS) is 22.2. The lowest BCUT2D eigenvalue weighted by Crippen LogP contribution is -2.21. The highest BCUT2D eigenvalue weighted by Gasteiger charge is 2.43. The van der Waals surface area contributed by atoms with Crippen LogP contribution >= 0.6 is 0 Å². The maximum Gasteiger partial charge on any atom is 0.274 e. The lowest BCUT2D eigenvalue weighted by atomic mass is 9.96. The number of aromatic nitrogens is 3. The minimum absolute atomic E-state index is 0.0191. The van der Waals surface area contributed by atoms with Gasteiger partial charge in [0.2, 0.25) is 0 Å². The molecule has 3 aliphatic rings. The summed E-state index contributed by atoms with van der Waals surface area (Å²) in [7, 11) is 0. The van der Waals surface area contributed by atoms with Crippen molar-refractivity contribution in [3.8, 4) is 0 Å². The van der Waals surface area contributed by atoms with E-state index in [0.29, 0.717) is 29.7 Å². The Morgan fingerprint density at radius 2 is 2.00 bits per heavy atom. The first-order chi connectivity index (χ1) is 15.2. The van der Waals surface area contributed by atoms with Crippen LogP contribution in [0, 0.1) is 0 Å². The fourth-order valence-electron chi connectivity index (χ4n) is 5.57. The Bertz CT molecular complexity index is 1460. The molecule has 3 aliphatic heterocycles. The number of hydrogen-bond acceptors (Lipinski definition) is 4. The fraction of sp³-hybridized carbons (Fsp3) is 0.292. The number of hydrogen-bond donors (Lipinski definition) is 1. The number of aromatic amines is 1. The number of benzene rings is 2. The van der Waals surface area contributed by atoms with Crippen molar-refractivity contribution in [2.24, 2.45) is 0 Å². The average molecular weight is 412 g/mol. The van der Waals surface area contributed by atoms with Crippen molar-refractivity contribution < 1.29 is 9.53 Å². The molecule has 0 bridgehead atoms. The average Bonchev–Trinajstić information content (AvgIpc) is 3.47. The first-order valence-corrected chi connectivity index (χ1v) is 10.7. The van der Waals surface area contributed by atoms with Gasteiger partial charge in [0, 0.05) is 24.6 Å². The van der Waals surface area contributed by atoms with E-state index in [9.17, 15) is 9.59 Å². The number of H-pyrrole nitrogens is 1. The number of fused-ring (bicyclic) bond motifs is 8. The number of carbonyl (C=O) groups excluding carboxylic acids is 1. The van der Waals surface area contributed by atoms with E-state index < -0.39 is 0 Å². The topological polar surface area (TPSA) is 79.7 Å². The summed E-state index contributed by atoms with van der Waals surface area (Å²) in [5, 5.41) is 0. The molecular formula is C24H20N4O3. The molecule has 2 atom stereocenters. The Morgan fingerprint density at radius 3 is 2.87 bits per heavy atom.